The van der Waals surface area contributed by atoms with E-state index in [0.717, 1.165) is 35.7 Å². The Labute approximate surface area is 169 Å². The molecule has 0 saturated carbocycles. The summed E-state index contributed by atoms with van der Waals surface area (Å²) >= 11 is 0.815. The van der Waals surface area contributed by atoms with Gasteiger partial charge in [0.2, 0.25) is 15.4 Å². The van der Waals surface area contributed by atoms with Gasteiger partial charge in [-0.05, 0) is 43.4 Å². The third-order valence-corrected chi connectivity index (χ3v) is 7.41. The van der Waals surface area contributed by atoms with Crippen LogP contribution in [-0.2, 0) is 14.8 Å². The maximum atomic E-state index is 12.5. The Morgan fingerprint density at radius 1 is 1.29 bits per heavy atom. The number of benzene rings is 1. The Kier molecular flexibility index (Phi) is 6.31. The normalized spacial score (nSPS) is 18.7. The van der Waals surface area contributed by atoms with Gasteiger partial charge >= 0.3 is 0 Å². The van der Waals surface area contributed by atoms with Gasteiger partial charge in [-0.1, -0.05) is 30.4 Å². The van der Waals surface area contributed by atoms with Crippen LogP contribution in [0, 0.1) is 5.92 Å². The molecule has 2 atom stereocenters. The van der Waals surface area contributed by atoms with Crippen molar-refractivity contribution in [2.45, 2.75) is 44.0 Å². The van der Waals surface area contributed by atoms with Crippen molar-refractivity contribution in [2.75, 3.05) is 23.3 Å². The number of aromatic nitrogens is 2. The van der Waals surface area contributed by atoms with Gasteiger partial charge in [0.15, 0.2) is 0 Å². The van der Waals surface area contributed by atoms with E-state index in [1.807, 2.05) is 24.3 Å². The molecule has 0 bridgehead atoms. The molecule has 1 aromatic heterocycles. The molecule has 0 spiro atoms. The zero-order chi connectivity index (χ0) is 20.3. The topological polar surface area (TPSA) is 104 Å². The van der Waals surface area contributed by atoms with Crippen LogP contribution in [0.5, 0.6) is 0 Å². The number of amides is 1. The van der Waals surface area contributed by atoms with Crippen molar-refractivity contribution in [1.29, 1.82) is 0 Å². The van der Waals surface area contributed by atoms with Gasteiger partial charge < -0.3 is 10.2 Å². The number of anilines is 2. The van der Waals surface area contributed by atoms with Crippen molar-refractivity contribution < 1.29 is 13.2 Å². The summed E-state index contributed by atoms with van der Waals surface area (Å²) in [7, 11) is -3.83. The van der Waals surface area contributed by atoms with E-state index in [0.29, 0.717) is 5.92 Å². The summed E-state index contributed by atoms with van der Waals surface area (Å²) in [5.74, 6) is 0.359. The summed E-state index contributed by atoms with van der Waals surface area (Å²) in [5, 5.41) is 9.94. The third kappa shape index (κ3) is 5.06. The summed E-state index contributed by atoms with van der Waals surface area (Å²) < 4.78 is 27.5. The lowest BCUT2D eigenvalue weighted by Gasteiger charge is -2.33. The average molecular weight is 424 g/mol. The molecule has 28 heavy (non-hydrogen) atoms. The van der Waals surface area contributed by atoms with E-state index >= 15 is 0 Å². The predicted molar refractivity (Wildman–Crippen MR) is 110 cm³/mol. The number of carbonyl (C=O) groups excluding carboxylic acids is 1. The highest BCUT2D eigenvalue weighted by atomic mass is 32.2. The van der Waals surface area contributed by atoms with Gasteiger partial charge in [-0.25, -0.2) is 13.1 Å². The minimum Gasteiger partial charge on any atom is -0.371 e. The second kappa shape index (κ2) is 8.54. The molecular weight excluding hydrogens is 398 g/mol. The van der Waals surface area contributed by atoms with E-state index in [4.69, 9.17) is 0 Å². The molecule has 1 aliphatic heterocycles. The number of hydrogen-bond donors (Lipinski definition) is 2. The van der Waals surface area contributed by atoms with E-state index in [-0.39, 0.29) is 15.4 Å². The lowest BCUT2D eigenvalue weighted by molar-refractivity contribution is -0.114. The fourth-order valence-corrected chi connectivity index (χ4v) is 5.46. The van der Waals surface area contributed by atoms with Crippen LogP contribution in [0.2, 0.25) is 0 Å². The Morgan fingerprint density at radius 3 is 2.64 bits per heavy atom. The van der Waals surface area contributed by atoms with Crippen LogP contribution in [0.3, 0.4) is 0 Å². The van der Waals surface area contributed by atoms with Crippen molar-refractivity contribution in [3.05, 3.63) is 29.8 Å². The first kappa shape index (κ1) is 20.7. The maximum Gasteiger partial charge on any atom is 0.270 e. The molecule has 0 unspecified atom stereocenters. The van der Waals surface area contributed by atoms with Gasteiger partial charge in [-0.3, -0.25) is 4.79 Å². The number of nitrogens with one attached hydrogen (secondary N) is 2. The molecule has 10 heteroatoms. The summed E-state index contributed by atoms with van der Waals surface area (Å²) in [6.07, 6.45) is 2.46. The molecule has 2 aromatic rings. The molecule has 1 aliphatic rings. The monoisotopic (exact) mass is 423 g/mol. The number of hydrogen-bond acceptors (Lipinski definition) is 7. The Balaban J connectivity index is 1.67. The van der Waals surface area contributed by atoms with E-state index < -0.39 is 16.1 Å². The minimum atomic E-state index is -3.83. The Morgan fingerprint density at radius 2 is 2.00 bits per heavy atom. The van der Waals surface area contributed by atoms with Crippen LogP contribution in [-0.4, -0.2) is 37.6 Å². The molecular formula is C18H25N5O3S2. The molecule has 1 saturated heterocycles. The van der Waals surface area contributed by atoms with Crippen molar-refractivity contribution in [3.8, 4) is 0 Å². The average Bonchev–Trinajstić information content (AvgIpc) is 3.10. The highest BCUT2D eigenvalue weighted by Crippen LogP contribution is 2.26. The molecule has 1 amide bonds. The van der Waals surface area contributed by atoms with Gasteiger partial charge in [0, 0.05) is 31.7 Å². The van der Waals surface area contributed by atoms with Crippen molar-refractivity contribution in [2.24, 2.45) is 5.92 Å². The van der Waals surface area contributed by atoms with Crippen LogP contribution in [0.25, 0.3) is 0 Å². The predicted octanol–water partition coefficient (Wildman–Crippen LogP) is 2.77. The van der Waals surface area contributed by atoms with Crippen molar-refractivity contribution in [3.63, 3.8) is 0 Å². The van der Waals surface area contributed by atoms with Crippen LogP contribution >= 0.6 is 11.3 Å². The van der Waals surface area contributed by atoms with Gasteiger partial charge in [0.05, 0.1) is 0 Å². The van der Waals surface area contributed by atoms with Gasteiger partial charge in [-0.2, -0.15) is 0 Å². The molecule has 3 rings (SSSR count). The van der Waals surface area contributed by atoms with Crippen LogP contribution in [0.4, 0.5) is 10.8 Å². The van der Waals surface area contributed by atoms with Crippen LogP contribution < -0.4 is 14.9 Å². The number of carbonyl (C=O) groups is 1. The molecule has 0 radical (unpaired) electrons. The second-order valence-corrected chi connectivity index (χ2v) is 10.0. The van der Waals surface area contributed by atoms with E-state index in [1.54, 1.807) is 6.92 Å². The summed E-state index contributed by atoms with van der Waals surface area (Å²) in [6, 6.07) is 7.55. The molecule has 1 aromatic carbocycles. The van der Waals surface area contributed by atoms with E-state index in [9.17, 15) is 13.2 Å². The van der Waals surface area contributed by atoms with Crippen molar-refractivity contribution >= 4 is 38.1 Å². The summed E-state index contributed by atoms with van der Waals surface area (Å²) in [5.41, 5.74) is 2.03. The number of sulfonamides is 1. The summed E-state index contributed by atoms with van der Waals surface area (Å²) in [4.78, 5) is 13.4. The fraction of sp³-hybridized carbons (Fsp3) is 0.500. The maximum absolute atomic E-state index is 12.5. The van der Waals surface area contributed by atoms with Gasteiger partial charge in [0.1, 0.15) is 0 Å². The molecule has 152 valence electrons. The summed E-state index contributed by atoms with van der Waals surface area (Å²) in [6.45, 7) is 7.48. The van der Waals surface area contributed by atoms with E-state index in [1.165, 1.54) is 19.8 Å². The number of rotatable bonds is 6. The molecule has 8 nitrogen and oxygen atoms in total. The zero-order valence-electron chi connectivity index (χ0n) is 16.2. The highest BCUT2D eigenvalue weighted by molar-refractivity contribution is 7.91. The largest absolute Gasteiger partial charge is 0.371 e. The standard InChI is InChI=1S/C18H25N5O3S2/c1-12-5-4-10-23(11-12)16-8-6-15(7-9-16)13(2)22-28(25,26)18-21-20-17(27-18)19-14(3)24/h6-9,12-13,22H,4-5,10-11H2,1-3H3,(H,19,20,24)/t12-,13-/m0/s1. The first-order valence-electron chi connectivity index (χ1n) is 9.23. The number of piperidine rings is 1. The molecule has 2 N–H and O–H groups in total. The van der Waals surface area contributed by atoms with Gasteiger partial charge in [-0.15, -0.1) is 10.2 Å². The fourth-order valence-electron chi connectivity index (χ4n) is 3.27. The van der Waals surface area contributed by atoms with Gasteiger partial charge in [0.25, 0.3) is 10.0 Å². The first-order valence-corrected chi connectivity index (χ1v) is 11.5. The number of nitrogens with zero attached hydrogens (tertiary/aromatic N) is 3. The molecule has 0 aliphatic carbocycles. The first-order chi connectivity index (χ1) is 13.2. The van der Waals surface area contributed by atoms with Crippen LogP contribution in [0.1, 0.15) is 45.2 Å². The Bertz CT molecular complexity index is 927. The smallest absolute Gasteiger partial charge is 0.270 e. The Hall–Kier alpha value is -2.04. The molecule has 1 fully saturated rings. The molecule has 2 heterocycles. The third-order valence-electron chi connectivity index (χ3n) is 4.67. The highest BCUT2D eigenvalue weighted by Gasteiger charge is 2.24. The van der Waals surface area contributed by atoms with Crippen molar-refractivity contribution in [1.82, 2.24) is 14.9 Å². The lowest BCUT2D eigenvalue weighted by Crippen LogP contribution is -2.34. The van der Waals surface area contributed by atoms with E-state index in [2.05, 4.69) is 32.1 Å². The quantitative estimate of drug-likeness (QED) is 0.693. The zero-order valence-corrected chi connectivity index (χ0v) is 17.8. The SMILES string of the molecule is CC(=O)Nc1nnc(S(=O)(=O)N[C@@H](C)c2ccc(N3CCC[C@H](C)C3)cc2)s1. The lowest BCUT2D eigenvalue weighted by atomic mass is 9.99. The minimum absolute atomic E-state index is 0.153. The van der Waals surface area contributed by atoms with Crippen LogP contribution in [0.15, 0.2) is 28.6 Å². The second-order valence-electron chi connectivity index (χ2n) is 7.18.